The Morgan fingerprint density at radius 2 is 2.08 bits per heavy atom. The van der Waals surface area contributed by atoms with E-state index in [0.29, 0.717) is 34.3 Å². The number of aromatic nitrogens is 1. The number of carbonyl (C=O) groups excluding carboxylic acids is 1. The van der Waals surface area contributed by atoms with Crippen LogP contribution in [0.1, 0.15) is 17.3 Å². The number of carbonyl (C=O) groups is 1. The summed E-state index contributed by atoms with van der Waals surface area (Å²) in [6, 6.07) is 9.10. The third-order valence-electron chi connectivity index (χ3n) is 3.67. The van der Waals surface area contributed by atoms with Crippen LogP contribution >= 0.6 is 34.5 Å². The summed E-state index contributed by atoms with van der Waals surface area (Å²) >= 11 is 13.2. The highest BCUT2D eigenvalue weighted by molar-refractivity contribution is 7.16. The highest BCUT2D eigenvalue weighted by Crippen LogP contribution is 2.22. The van der Waals surface area contributed by atoms with Crippen LogP contribution in [0.25, 0.3) is 10.2 Å². The normalized spacial score (nSPS) is 12.1. The van der Waals surface area contributed by atoms with Crippen molar-refractivity contribution >= 4 is 50.7 Å². The Kier molecular flexibility index (Phi) is 6.09. The van der Waals surface area contributed by atoms with Gasteiger partial charge >= 0.3 is 0 Å². The minimum absolute atomic E-state index is 0.235. The van der Waals surface area contributed by atoms with Crippen LogP contribution in [-0.2, 0) is 11.3 Å². The molecule has 0 saturated heterocycles. The zero-order chi connectivity index (χ0) is 18.7. The first-order chi connectivity index (χ1) is 12.5. The van der Waals surface area contributed by atoms with Gasteiger partial charge < -0.3 is 9.30 Å². The van der Waals surface area contributed by atoms with E-state index in [1.807, 2.05) is 11.5 Å². The van der Waals surface area contributed by atoms with Crippen molar-refractivity contribution in [3.05, 3.63) is 62.6 Å². The van der Waals surface area contributed by atoms with Gasteiger partial charge in [0.25, 0.3) is 5.91 Å². The highest BCUT2D eigenvalue weighted by Gasteiger charge is 2.13. The second-order valence-corrected chi connectivity index (χ2v) is 7.24. The molecule has 0 aliphatic heterocycles. The molecule has 0 bridgehead atoms. The lowest BCUT2D eigenvalue weighted by Gasteiger charge is -2.05. The minimum Gasteiger partial charge on any atom is -0.380 e. The number of amides is 1. The van der Waals surface area contributed by atoms with Gasteiger partial charge in [0.15, 0.2) is 4.80 Å². The maximum atomic E-state index is 13.5. The molecule has 8 heteroatoms. The molecule has 1 heterocycles. The molecule has 0 atom stereocenters. The van der Waals surface area contributed by atoms with Gasteiger partial charge in [-0.2, -0.15) is 4.99 Å². The number of halogens is 3. The molecule has 0 spiro atoms. The van der Waals surface area contributed by atoms with E-state index in [2.05, 4.69) is 4.99 Å². The Morgan fingerprint density at radius 3 is 2.81 bits per heavy atom. The van der Waals surface area contributed by atoms with Crippen molar-refractivity contribution in [2.75, 3.05) is 13.2 Å². The molecule has 136 valence electrons. The Bertz CT molecular complexity index is 1030. The van der Waals surface area contributed by atoms with Crippen LogP contribution in [0.15, 0.2) is 41.4 Å². The summed E-state index contributed by atoms with van der Waals surface area (Å²) in [5.74, 6) is -0.821. The van der Waals surface area contributed by atoms with Gasteiger partial charge in [0.2, 0.25) is 0 Å². The van der Waals surface area contributed by atoms with Gasteiger partial charge in [0.1, 0.15) is 5.82 Å². The number of rotatable bonds is 5. The van der Waals surface area contributed by atoms with Gasteiger partial charge in [-0.25, -0.2) is 4.39 Å². The van der Waals surface area contributed by atoms with Crippen LogP contribution < -0.4 is 4.80 Å². The SMILES string of the molecule is CCOCCn1c(=NC(=O)c2ccc(Cl)cc2Cl)sc2cc(F)ccc21. The topological polar surface area (TPSA) is 43.6 Å². The van der Waals surface area contributed by atoms with E-state index in [0.717, 1.165) is 5.52 Å². The van der Waals surface area contributed by atoms with Crippen molar-refractivity contribution in [2.24, 2.45) is 4.99 Å². The zero-order valence-corrected chi connectivity index (χ0v) is 16.2. The number of ether oxygens (including phenoxy) is 1. The lowest BCUT2D eigenvalue weighted by molar-refractivity contribution is 0.0997. The largest absolute Gasteiger partial charge is 0.380 e. The van der Waals surface area contributed by atoms with Gasteiger partial charge in [-0.15, -0.1) is 0 Å². The fraction of sp³-hybridized carbons (Fsp3) is 0.222. The highest BCUT2D eigenvalue weighted by atomic mass is 35.5. The first-order valence-corrected chi connectivity index (χ1v) is 9.47. The summed E-state index contributed by atoms with van der Waals surface area (Å²) in [6.45, 7) is 3.45. The molecule has 2 aromatic carbocycles. The van der Waals surface area contributed by atoms with Crippen LogP contribution in [0.2, 0.25) is 10.0 Å². The van der Waals surface area contributed by atoms with Gasteiger partial charge in [-0.1, -0.05) is 34.5 Å². The van der Waals surface area contributed by atoms with E-state index in [-0.39, 0.29) is 16.4 Å². The molecule has 0 radical (unpaired) electrons. The summed E-state index contributed by atoms with van der Waals surface area (Å²) in [5.41, 5.74) is 1.06. The average Bonchev–Trinajstić information content (AvgIpc) is 2.91. The summed E-state index contributed by atoms with van der Waals surface area (Å²) in [4.78, 5) is 17.2. The maximum absolute atomic E-state index is 13.5. The number of nitrogens with zero attached hydrogens (tertiary/aromatic N) is 2. The van der Waals surface area contributed by atoms with Crippen molar-refractivity contribution < 1.29 is 13.9 Å². The van der Waals surface area contributed by atoms with Crippen molar-refractivity contribution in [1.82, 2.24) is 4.57 Å². The molecule has 3 aromatic rings. The monoisotopic (exact) mass is 412 g/mol. The minimum atomic E-state index is -0.483. The van der Waals surface area contributed by atoms with Gasteiger partial charge in [0, 0.05) is 18.2 Å². The second-order valence-electron chi connectivity index (χ2n) is 5.39. The van der Waals surface area contributed by atoms with E-state index in [4.69, 9.17) is 27.9 Å². The average molecular weight is 413 g/mol. The number of hydrogen-bond acceptors (Lipinski definition) is 3. The fourth-order valence-corrected chi connectivity index (χ4v) is 4.03. The lowest BCUT2D eigenvalue weighted by atomic mass is 10.2. The Balaban J connectivity index is 2.08. The maximum Gasteiger partial charge on any atom is 0.281 e. The first kappa shape index (κ1) is 19.0. The molecular weight excluding hydrogens is 398 g/mol. The van der Waals surface area contributed by atoms with Crippen LogP contribution in [-0.4, -0.2) is 23.7 Å². The number of hydrogen-bond donors (Lipinski definition) is 0. The third-order valence-corrected chi connectivity index (χ3v) is 5.26. The molecule has 0 fully saturated rings. The molecule has 26 heavy (non-hydrogen) atoms. The predicted octanol–water partition coefficient (Wildman–Crippen LogP) is 4.93. The summed E-state index contributed by atoms with van der Waals surface area (Å²) < 4.78 is 21.5. The zero-order valence-electron chi connectivity index (χ0n) is 13.8. The number of fused-ring (bicyclic) bond motifs is 1. The molecular formula is C18H15Cl2FN2O2S. The van der Waals surface area contributed by atoms with Gasteiger partial charge in [-0.05, 0) is 43.3 Å². The first-order valence-electron chi connectivity index (χ1n) is 7.90. The molecule has 1 amide bonds. The third kappa shape index (κ3) is 4.15. The van der Waals surface area contributed by atoms with Gasteiger partial charge in [0.05, 0.1) is 27.4 Å². The Morgan fingerprint density at radius 1 is 1.27 bits per heavy atom. The van der Waals surface area contributed by atoms with E-state index < -0.39 is 5.91 Å². The number of benzene rings is 2. The molecule has 0 aliphatic carbocycles. The van der Waals surface area contributed by atoms with Crippen LogP contribution in [0.3, 0.4) is 0 Å². The lowest BCUT2D eigenvalue weighted by Crippen LogP contribution is -2.19. The summed E-state index contributed by atoms with van der Waals surface area (Å²) in [6.07, 6.45) is 0. The molecule has 3 rings (SSSR count). The van der Waals surface area contributed by atoms with E-state index in [1.165, 1.54) is 35.6 Å². The van der Waals surface area contributed by atoms with Crippen molar-refractivity contribution in [1.29, 1.82) is 0 Å². The summed E-state index contributed by atoms with van der Waals surface area (Å²) in [5, 5.41) is 0.676. The van der Waals surface area contributed by atoms with Crippen LogP contribution in [0.4, 0.5) is 4.39 Å². The molecule has 1 aromatic heterocycles. The quantitative estimate of drug-likeness (QED) is 0.557. The van der Waals surface area contributed by atoms with Crippen molar-refractivity contribution in [3.63, 3.8) is 0 Å². The Hall–Kier alpha value is -1.73. The van der Waals surface area contributed by atoms with Crippen molar-refractivity contribution in [2.45, 2.75) is 13.5 Å². The van der Waals surface area contributed by atoms with E-state index in [1.54, 1.807) is 12.1 Å². The van der Waals surface area contributed by atoms with Crippen LogP contribution in [0, 0.1) is 5.82 Å². The smallest absolute Gasteiger partial charge is 0.281 e. The fourth-order valence-electron chi connectivity index (χ4n) is 2.46. The van der Waals surface area contributed by atoms with E-state index >= 15 is 0 Å². The molecule has 4 nitrogen and oxygen atoms in total. The Labute approximate surface area is 163 Å². The molecule has 0 aliphatic rings. The number of thiazole rings is 1. The molecule has 0 saturated carbocycles. The van der Waals surface area contributed by atoms with E-state index in [9.17, 15) is 9.18 Å². The summed E-state index contributed by atoms with van der Waals surface area (Å²) in [7, 11) is 0. The molecule has 0 N–H and O–H groups in total. The predicted molar refractivity (Wildman–Crippen MR) is 103 cm³/mol. The standard InChI is InChI=1S/C18H15Cl2FN2O2S/c1-2-25-8-7-23-15-6-4-12(21)10-16(15)26-18(23)22-17(24)13-5-3-11(19)9-14(13)20/h3-6,9-10H,2,7-8H2,1H3. The van der Waals surface area contributed by atoms with Gasteiger partial charge in [-0.3, -0.25) is 4.79 Å². The van der Waals surface area contributed by atoms with Crippen molar-refractivity contribution in [3.8, 4) is 0 Å². The van der Waals surface area contributed by atoms with Crippen LogP contribution in [0.5, 0.6) is 0 Å². The molecule has 0 unspecified atom stereocenters. The second kappa shape index (κ2) is 8.31.